The van der Waals surface area contributed by atoms with Gasteiger partial charge in [0.2, 0.25) is 5.91 Å². The lowest BCUT2D eigenvalue weighted by molar-refractivity contribution is -0.131. The number of para-hydroxylation sites is 1. The lowest BCUT2D eigenvalue weighted by Gasteiger charge is -2.09. The van der Waals surface area contributed by atoms with Crippen LogP contribution in [0, 0.1) is 0 Å². The van der Waals surface area contributed by atoms with Gasteiger partial charge in [-0.3, -0.25) is 4.79 Å². The van der Waals surface area contributed by atoms with Crippen LogP contribution < -0.4 is 16.0 Å². The van der Waals surface area contributed by atoms with Crippen molar-refractivity contribution in [3.8, 4) is 0 Å². The Hall–Kier alpha value is -3.61. The fourth-order valence-electron chi connectivity index (χ4n) is 1.82. The van der Waals surface area contributed by atoms with Gasteiger partial charge >= 0.3 is 12.0 Å². The number of carbonyl (C=O) groups excluding carboxylic acids is 2. The fraction of sp³-hybridized carbons (Fsp3) is 0. The molecule has 0 heterocycles. The van der Waals surface area contributed by atoms with Gasteiger partial charge in [0.25, 0.3) is 0 Å². The van der Waals surface area contributed by atoms with Crippen molar-refractivity contribution in [3.63, 3.8) is 0 Å². The van der Waals surface area contributed by atoms with E-state index in [0.29, 0.717) is 17.1 Å². The second kappa shape index (κ2) is 8.14. The molecule has 0 saturated heterocycles. The lowest BCUT2D eigenvalue weighted by atomic mass is 10.2. The molecule has 2 rings (SSSR count). The fourth-order valence-corrected chi connectivity index (χ4v) is 1.82. The third kappa shape index (κ3) is 5.64. The first-order valence-corrected chi connectivity index (χ1v) is 6.98. The number of carbonyl (C=O) groups is 3. The van der Waals surface area contributed by atoms with E-state index >= 15 is 0 Å². The Kier molecular flexibility index (Phi) is 5.68. The summed E-state index contributed by atoms with van der Waals surface area (Å²) in [5.41, 5.74) is 1.55. The Morgan fingerprint density at radius 2 is 1.33 bits per heavy atom. The predicted octanol–water partition coefficient (Wildman–Crippen LogP) is 2.91. The van der Waals surface area contributed by atoms with E-state index in [1.165, 1.54) is 0 Å². The number of aliphatic carboxylic acids is 1. The van der Waals surface area contributed by atoms with E-state index in [4.69, 9.17) is 5.11 Å². The van der Waals surface area contributed by atoms with Gasteiger partial charge in [-0.2, -0.15) is 0 Å². The number of rotatable bonds is 5. The molecule has 0 fully saturated rings. The average molecular weight is 325 g/mol. The molecule has 24 heavy (non-hydrogen) atoms. The van der Waals surface area contributed by atoms with Crippen LogP contribution in [-0.2, 0) is 9.59 Å². The molecule has 0 aliphatic rings. The lowest BCUT2D eigenvalue weighted by Crippen LogP contribution is -2.19. The number of amides is 3. The van der Waals surface area contributed by atoms with Crippen LogP contribution in [0.1, 0.15) is 0 Å². The zero-order valence-electron chi connectivity index (χ0n) is 12.5. The highest BCUT2D eigenvalue weighted by Gasteiger charge is 2.04. The van der Waals surface area contributed by atoms with E-state index in [1.54, 1.807) is 48.5 Å². The molecule has 0 aliphatic carbocycles. The molecule has 0 radical (unpaired) electrons. The van der Waals surface area contributed by atoms with Crippen LogP contribution in [0.25, 0.3) is 0 Å². The molecule has 4 N–H and O–H groups in total. The number of anilines is 3. The van der Waals surface area contributed by atoms with E-state index in [0.717, 1.165) is 12.2 Å². The summed E-state index contributed by atoms with van der Waals surface area (Å²) in [5, 5.41) is 16.3. The first-order chi connectivity index (χ1) is 11.5. The van der Waals surface area contributed by atoms with Crippen LogP contribution in [0.15, 0.2) is 66.7 Å². The van der Waals surface area contributed by atoms with Gasteiger partial charge in [-0.15, -0.1) is 0 Å². The summed E-state index contributed by atoms with van der Waals surface area (Å²) < 4.78 is 0. The first-order valence-electron chi connectivity index (χ1n) is 6.98. The van der Waals surface area contributed by atoms with Gasteiger partial charge in [0.05, 0.1) is 0 Å². The van der Waals surface area contributed by atoms with E-state index in [9.17, 15) is 14.4 Å². The summed E-state index contributed by atoms with van der Waals surface area (Å²) in [6.45, 7) is 0. The summed E-state index contributed by atoms with van der Waals surface area (Å²) in [4.78, 5) is 33.8. The normalized spacial score (nSPS) is 10.2. The Labute approximate surface area is 138 Å². The van der Waals surface area contributed by atoms with Crippen LogP contribution in [0.3, 0.4) is 0 Å². The summed E-state index contributed by atoms with van der Waals surface area (Å²) in [6.07, 6.45) is 1.65. The van der Waals surface area contributed by atoms with Crippen molar-refractivity contribution < 1.29 is 19.5 Å². The number of hydrogen-bond donors (Lipinski definition) is 4. The molecule has 2 aromatic carbocycles. The molecule has 7 nitrogen and oxygen atoms in total. The molecular formula is C17H15N3O4. The van der Waals surface area contributed by atoms with Crippen LogP contribution in [0.4, 0.5) is 21.9 Å². The number of hydrogen-bond acceptors (Lipinski definition) is 3. The molecule has 3 amide bonds. The third-order valence-corrected chi connectivity index (χ3v) is 2.80. The number of nitrogens with one attached hydrogen (secondary N) is 3. The second-order valence-electron chi connectivity index (χ2n) is 4.69. The van der Waals surface area contributed by atoms with Gasteiger partial charge in [-0.05, 0) is 30.3 Å². The van der Waals surface area contributed by atoms with Gasteiger partial charge in [0.15, 0.2) is 0 Å². The van der Waals surface area contributed by atoms with Crippen molar-refractivity contribution in [2.75, 3.05) is 16.0 Å². The zero-order chi connectivity index (χ0) is 17.4. The first kappa shape index (κ1) is 16.8. The summed E-state index contributed by atoms with van der Waals surface area (Å²) in [5.74, 6) is -1.79. The molecule has 2 aromatic rings. The Morgan fingerprint density at radius 3 is 2.00 bits per heavy atom. The van der Waals surface area contributed by atoms with E-state index in [-0.39, 0.29) is 0 Å². The monoisotopic (exact) mass is 325 g/mol. The number of carboxylic acid groups (broad SMARTS) is 1. The van der Waals surface area contributed by atoms with Crippen LogP contribution >= 0.6 is 0 Å². The number of carboxylic acids is 1. The Balaban J connectivity index is 1.96. The highest BCUT2D eigenvalue weighted by atomic mass is 16.4. The van der Waals surface area contributed by atoms with Gasteiger partial charge in [0.1, 0.15) is 0 Å². The van der Waals surface area contributed by atoms with Crippen LogP contribution in [-0.4, -0.2) is 23.0 Å². The van der Waals surface area contributed by atoms with Gasteiger partial charge < -0.3 is 21.1 Å². The minimum absolute atomic E-state index is 0.421. The maximum absolute atomic E-state index is 11.9. The van der Waals surface area contributed by atoms with Crippen molar-refractivity contribution in [3.05, 3.63) is 66.7 Å². The Bertz CT molecular complexity index is 772. The number of urea groups is 1. The zero-order valence-corrected chi connectivity index (χ0v) is 12.5. The molecule has 0 aromatic heterocycles. The SMILES string of the molecule is O=C(O)/C=C/C(=O)Nc1cccc(NC(=O)Nc2ccccc2)c1. The van der Waals surface area contributed by atoms with Crippen molar-refractivity contribution >= 4 is 35.0 Å². The van der Waals surface area contributed by atoms with Crippen molar-refractivity contribution in [2.45, 2.75) is 0 Å². The quantitative estimate of drug-likeness (QED) is 0.634. The van der Waals surface area contributed by atoms with Crippen LogP contribution in [0.5, 0.6) is 0 Å². The minimum Gasteiger partial charge on any atom is -0.478 e. The smallest absolute Gasteiger partial charge is 0.328 e. The highest BCUT2D eigenvalue weighted by molar-refractivity contribution is 6.03. The minimum atomic E-state index is -1.21. The largest absolute Gasteiger partial charge is 0.478 e. The molecular weight excluding hydrogens is 310 g/mol. The standard InChI is InChI=1S/C17H15N3O4/c21-15(9-10-16(22)23)18-13-7-4-8-14(11-13)20-17(24)19-12-5-2-1-3-6-12/h1-11H,(H,18,21)(H,22,23)(H2,19,20,24)/b10-9+. The van der Waals surface area contributed by atoms with Crippen LogP contribution in [0.2, 0.25) is 0 Å². The molecule has 0 saturated carbocycles. The topological polar surface area (TPSA) is 108 Å². The molecule has 122 valence electrons. The van der Waals surface area contributed by atoms with Gasteiger partial charge in [-0.25, -0.2) is 9.59 Å². The maximum atomic E-state index is 11.9. The summed E-state index contributed by atoms with van der Waals surface area (Å²) >= 11 is 0. The van der Waals surface area contributed by atoms with Gasteiger partial charge in [0, 0.05) is 29.2 Å². The van der Waals surface area contributed by atoms with E-state index in [2.05, 4.69) is 16.0 Å². The molecule has 0 unspecified atom stereocenters. The molecule has 7 heteroatoms. The number of benzene rings is 2. The van der Waals surface area contributed by atoms with Gasteiger partial charge in [-0.1, -0.05) is 24.3 Å². The summed E-state index contributed by atoms with van der Waals surface area (Å²) in [6, 6.07) is 15.0. The average Bonchev–Trinajstić information content (AvgIpc) is 2.54. The predicted molar refractivity (Wildman–Crippen MR) is 90.9 cm³/mol. The van der Waals surface area contributed by atoms with E-state index < -0.39 is 17.9 Å². The molecule has 0 aliphatic heterocycles. The molecule has 0 bridgehead atoms. The van der Waals surface area contributed by atoms with E-state index in [1.807, 2.05) is 6.07 Å². The molecule has 0 atom stereocenters. The third-order valence-electron chi connectivity index (χ3n) is 2.80. The maximum Gasteiger partial charge on any atom is 0.328 e. The highest BCUT2D eigenvalue weighted by Crippen LogP contribution is 2.15. The van der Waals surface area contributed by atoms with Crippen molar-refractivity contribution in [1.29, 1.82) is 0 Å². The van der Waals surface area contributed by atoms with Crippen molar-refractivity contribution in [1.82, 2.24) is 0 Å². The molecule has 0 spiro atoms. The summed E-state index contributed by atoms with van der Waals surface area (Å²) in [7, 11) is 0. The second-order valence-corrected chi connectivity index (χ2v) is 4.69. The Morgan fingerprint density at radius 1 is 0.750 bits per heavy atom. The van der Waals surface area contributed by atoms with Crippen molar-refractivity contribution in [2.24, 2.45) is 0 Å².